The number of rotatable bonds is 5. The van der Waals surface area contributed by atoms with E-state index < -0.39 is 10.0 Å². The molecule has 8 nitrogen and oxygen atoms in total. The van der Waals surface area contributed by atoms with Crippen molar-refractivity contribution in [3.8, 4) is 6.07 Å². The number of hydrogen-bond donors (Lipinski definition) is 2. The maximum Gasteiger partial charge on any atom is 0.263 e. The minimum Gasteiger partial charge on any atom is -0.338 e. The molecule has 0 bridgehead atoms. The van der Waals surface area contributed by atoms with Crippen LogP contribution in [0.25, 0.3) is 10.9 Å². The molecule has 0 aliphatic carbocycles. The smallest absolute Gasteiger partial charge is 0.263 e. The first-order valence-electron chi connectivity index (χ1n) is 9.28. The van der Waals surface area contributed by atoms with Crippen LogP contribution >= 0.6 is 0 Å². The van der Waals surface area contributed by atoms with E-state index in [2.05, 4.69) is 20.0 Å². The molecule has 2 N–H and O–H groups in total. The van der Waals surface area contributed by atoms with Gasteiger partial charge in [-0.15, -0.1) is 0 Å². The van der Waals surface area contributed by atoms with E-state index in [0.717, 1.165) is 31.7 Å². The summed E-state index contributed by atoms with van der Waals surface area (Å²) in [4.78, 5) is 11.3. The van der Waals surface area contributed by atoms with Crippen molar-refractivity contribution >= 4 is 32.7 Å². The standard InChI is InChI=1S/C20H20N6O2S/c21-10-9-15-5-7-16(8-6-15)29(27,28)25-19-17-3-1-2-4-18(17)23-20(24-19)26-13-11-22-12-14-26/h1-8,22H,9,11-14H2,(H,23,24,25). The molecule has 1 saturated heterocycles. The van der Waals surface area contributed by atoms with E-state index in [1.807, 2.05) is 29.2 Å². The molecule has 9 heteroatoms. The number of benzene rings is 2. The van der Waals surface area contributed by atoms with Gasteiger partial charge in [0.2, 0.25) is 5.95 Å². The van der Waals surface area contributed by atoms with Gasteiger partial charge in [-0.1, -0.05) is 24.3 Å². The van der Waals surface area contributed by atoms with Gasteiger partial charge in [-0.2, -0.15) is 10.2 Å². The van der Waals surface area contributed by atoms with E-state index >= 15 is 0 Å². The number of sulfonamides is 1. The predicted octanol–water partition coefficient (Wildman–Crippen LogP) is 1.91. The van der Waals surface area contributed by atoms with Crippen LogP contribution in [0.5, 0.6) is 0 Å². The van der Waals surface area contributed by atoms with Crippen molar-refractivity contribution in [1.82, 2.24) is 15.3 Å². The van der Waals surface area contributed by atoms with Crippen LogP contribution in [0.1, 0.15) is 5.56 Å². The highest BCUT2D eigenvalue weighted by molar-refractivity contribution is 7.92. The van der Waals surface area contributed by atoms with E-state index in [4.69, 9.17) is 5.26 Å². The number of fused-ring (bicyclic) bond motifs is 1. The molecule has 0 amide bonds. The third kappa shape index (κ3) is 4.13. The number of aromatic nitrogens is 2. The fraction of sp³-hybridized carbons (Fsp3) is 0.250. The van der Waals surface area contributed by atoms with E-state index in [9.17, 15) is 8.42 Å². The Morgan fingerprint density at radius 1 is 1.07 bits per heavy atom. The van der Waals surface area contributed by atoms with Crippen LogP contribution in [0.4, 0.5) is 11.8 Å². The number of nitrogens with zero attached hydrogens (tertiary/aromatic N) is 4. The lowest BCUT2D eigenvalue weighted by Gasteiger charge is -2.27. The van der Waals surface area contributed by atoms with Gasteiger partial charge in [0.25, 0.3) is 10.0 Å². The van der Waals surface area contributed by atoms with Crippen LogP contribution in [0.3, 0.4) is 0 Å². The maximum absolute atomic E-state index is 12.9. The van der Waals surface area contributed by atoms with Crippen molar-refractivity contribution in [3.05, 3.63) is 54.1 Å². The second-order valence-corrected chi connectivity index (χ2v) is 8.39. The molecule has 1 aliphatic rings. The highest BCUT2D eigenvalue weighted by Crippen LogP contribution is 2.26. The zero-order valence-electron chi connectivity index (χ0n) is 15.7. The fourth-order valence-corrected chi connectivity index (χ4v) is 4.23. The summed E-state index contributed by atoms with van der Waals surface area (Å²) >= 11 is 0. The fourth-order valence-electron chi connectivity index (χ4n) is 3.21. The zero-order valence-corrected chi connectivity index (χ0v) is 16.5. The minimum atomic E-state index is -3.84. The van der Waals surface area contributed by atoms with E-state index in [0.29, 0.717) is 16.9 Å². The van der Waals surface area contributed by atoms with Gasteiger partial charge < -0.3 is 10.2 Å². The summed E-state index contributed by atoms with van der Waals surface area (Å²) in [7, 11) is -3.84. The first kappa shape index (κ1) is 19.1. The Morgan fingerprint density at radius 3 is 2.52 bits per heavy atom. The Hall–Kier alpha value is -3.22. The summed E-state index contributed by atoms with van der Waals surface area (Å²) in [6, 6.07) is 15.7. The van der Waals surface area contributed by atoms with Crippen LogP contribution in [0, 0.1) is 11.3 Å². The summed E-state index contributed by atoms with van der Waals surface area (Å²) in [5.41, 5.74) is 1.44. The maximum atomic E-state index is 12.9. The molecule has 1 aromatic heterocycles. The number of piperazine rings is 1. The lowest BCUT2D eigenvalue weighted by atomic mass is 10.2. The van der Waals surface area contributed by atoms with Crippen LogP contribution in [-0.2, 0) is 16.4 Å². The molecule has 0 saturated carbocycles. The topological polar surface area (TPSA) is 111 Å². The number of hydrogen-bond acceptors (Lipinski definition) is 7. The molecule has 3 aromatic rings. The number of nitriles is 1. The minimum absolute atomic E-state index is 0.116. The summed E-state index contributed by atoms with van der Waals surface area (Å²) < 4.78 is 28.5. The quantitative estimate of drug-likeness (QED) is 0.663. The Labute approximate surface area is 169 Å². The second kappa shape index (κ2) is 8.03. The number of anilines is 2. The van der Waals surface area contributed by atoms with Crippen molar-refractivity contribution in [3.63, 3.8) is 0 Å². The number of nitrogens with one attached hydrogen (secondary N) is 2. The van der Waals surface area contributed by atoms with Gasteiger partial charge in [-0.3, -0.25) is 4.72 Å². The molecule has 148 valence electrons. The lowest BCUT2D eigenvalue weighted by molar-refractivity contribution is 0.580. The van der Waals surface area contributed by atoms with Crippen molar-refractivity contribution < 1.29 is 8.42 Å². The zero-order chi connectivity index (χ0) is 20.3. The molecular formula is C20H20N6O2S. The van der Waals surface area contributed by atoms with Crippen molar-refractivity contribution in [2.75, 3.05) is 35.8 Å². The summed E-state index contributed by atoms with van der Waals surface area (Å²) in [6.45, 7) is 3.16. The van der Waals surface area contributed by atoms with E-state index in [1.54, 1.807) is 18.2 Å². The SMILES string of the molecule is N#CCc1ccc(S(=O)(=O)Nc2nc(N3CCNCC3)nc3ccccc23)cc1. The molecule has 29 heavy (non-hydrogen) atoms. The summed E-state index contributed by atoms with van der Waals surface area (Å²) in [5, 5.41) is 12.7. The predicted molar refractivity (Wildman–Crippen MR) is 111 cm³/mol. The Balaban J connectivity index is 1.71. The third-order valence-corrected chi connectivity index (χ3v) is 6.09. The molecule has 2 aromatic carbocycles. The van der Waals surface area contributed by atoms with Crippen LogP contribution in [0.15, 0.2) is 53.4 Å². The monoisotopic (exact) mass is 408 g/mol. The molecule has 0 unspecified atom stereocenters. The van der Waals surface area contributed by atoms with Gasteiger partial charge in [0.15, 0.2) is 5.82 Å². The molecule has 0 spiro atoms. The van der Waals surface area contributed by atoms with E-state index in [1.165, 1.54) is 12.1 Å². The van der Waals surface area contributed by atoms with Gasteiger partial charge in [0.05, 0.1) is 22.9 Å². The second-order valence-electron chi connectivity index (χ2n) is 6.71. The summed E-state index contributed by atoms with van der Waals surface area (Å²) in [6.07, 6.45) is 0.234. The molecule has 4 rings (SSSR count). The highest BCUT2D eigenvalue weighted by Gasteiger charge is 2.20. The summed E-state index contributed by atoms with van der Waals surface area (Å²) in [5.74, 6) is 0.762. The van der Waals surface area contributed by atoms with Crippen LogP contribution < -0.4 is 14.9 Å². The van der Waals surface area contributed by atoms with Gasteiger partial charge >= 0.3 is 0 Å². The average molecular weight is 408 g/mol. The number of para-hydroxylation sites is 1. The first-order valence-corrected chi connectivity index (χ1v) is 10.8. The molecule has 2 heterocycles. The highest BCUT2D eigenvalue weighted by atomic mass is 32.2. The molecule has 0 radical (unpaired) electrons. The first-order chi connectivity index (χ1) is 14.1. The molecular weight excluding hydrogens is 388 g/mol. The van der Waals surface area contributed by atoms with Crippen molar-refractivity contribution in [2.45, 2.75) is 11.3 Å². The van der Waals surface area contributed by atoms with Gasteiger partial charge in [0, 0.05) is 31.6 Å². The normalized spacial score (nSPS) is 14.5. The molecule has 1 aliphatic heterocycles. The Morgan fingerprint density at radius 2 is 1.79 bits per heavy atom. The van der Waals surface area contributed by atoms with Crippen molar-refractivity contribution in [1.29, 1.82) is 5.26 Å². The third-order valence-electron chi connectivity index (χ3n) is 4.74. The Kier molecular flexibility index (Phi) is 5.29. The Bertz CT molecular complexity index is 1170. The average Bonchev–Trinajstić information content (AvgIpc) is 2.75. The van der Waals surface area contributed by atoms with E-state index in [-0.39, 0.29) is 17.1 Å². The van der Waals surface area contributed by atoms with Gasteiger partial charge in [-0.05, 0) is 29.8 Å². The van der Waals surface area contributed by atoms with Crippen molar-refractivity contribution in [2.24, 2.45) is 0 Å². The van der Waals surface area contributed by atoms with Crippen LogP contribution in [-0.4, -0.2) is 44.6 Å². The molecule has 0 atom stereocenters. The van der Waals surface area contributed by atoms with Gasteiger partial charge in [-0.25, -0.2) is 13.4 Å². The molecule has 1 fully saturated rings. The largest absolute Gasteiger partial charge is 0.338 e. The van der Waals surface area contributed by atoms with Gasteiger partial charge in [0.1, 0.15) is 0 Å². The lowest BCUT2D eigenvalue weighted by Crippen LogP contribution is -2.44. The van der Waals surface area contributed by atoms with Crippen LogP contribution in [0.2, 0.25) is 0 Å².